The molecule has 1 aliphatic rings. The van der Waals surface area contributed by atoms with Gasteiger partial charge in [-0.2, -0.15) is 0 Å². The smallest absolute Gasteiger partial charge is 0.573 e. The van der Waals surface area contributed by atoms with Crippen LogP contribution in [-0.2, 0) is 6.54 Å². The number of hydrogen-bond acceptors (Lipinski definition) is 6. The van der Waals surface area contributed by atoms with Gasteiger partial charge in [0.15, 0.2) is 0 Å². The van der Waals surface area contributed by atoms with E-state index in [0.29, 0.717) is 28.7 Å². The molecule has 29 heavy (non-hydrogen) atoms. The molecule has 0 amide bonds. The van der Waals surface area contributed by atoms with E-state index in [2.05, 4.69) is 20.4 Å². The summed E-state index contributed by atoms with van der Waals surface area (Å²) in [4.78, 5) is 4.15. The molecule has 9 heteroatoms. The molecular weight excluding hydrogens is 385 g/mol. The van der Waals surface area contributed by atoms with Gasteiger partial charge in [0.2, 0.25) is 0 Å². The Bertz CT molecular complexity index is 796. The Labute approximate surface area is 167 Å². The lowest BCUT2D eigenvalue weighted by atomic mass is 9.89. The Kier molecular flexibility index (Phi) is 7.03. The van der Waals surface area contributed by atoms with E-state index in [9.17, 15) is 18.4 Å². The number of para-hydroxylation sites is 1. The topological polar surface area (TPSA) is 81.3 Å². The van der Waals surface area contributed by atoms with Gasteiger partial charge in [0.1, 0.15) is 11.6 Å². The largest absolute Gasteiger partial charge is 0.761 e. The molecule has 0 spiro atoms. The fourth-order valence-corrected chi connectivity index (χ4v) is 3.49. The van der Waals surface area contributed by atoms with Crippen LogP contribution in [0.4, 0.5) is 30.4 Å². The fourth-order valence-electron chi connectivity index (χ4n) is 3.49. The molecule has 2 aromatic rings. The van der Waals surface area contributed by atoms with Gasteiger partial charge in [-0.3, -0.25) is 0 Å². The van der Waals surface area contributed by atoms with Crippen molar-refractivity contribution in [1.29, 1.82) is 0 Å². The van der Waals surface area contributed by atoms with Crippen molar-refractivity contribution in [2.75, 3.05) is 22.7 Å². The number of anilines is 3. The predicted octanol–water partition coefficient (Wildman–Crippen LogP) is 5.49. The van der Waals surface area contributed by atoms with E-state index in [0.717, 1.165) is 6.54 Å². The van der Waals surface area contributed by atoms with Gasteiger partial charge in [-0.15, -0.1) is 13.2 Å². The van der Waals surface area contributed by atoms with Crippen molar-refractivity contribution in [3.8, 4) is 5.75 Å². The Morgan fingerprint density at radius 1 is 1.07 bits per heavy atom. The van der Waals surface area contributed by atoms with Crippen LogP contribution in [0.2, 0.25) is 0 Å². The van der Waals surface area contributed by atoms with E-state index in [1.807, 2.05) is 5.48 Å². The molecule has 0 saturated heterocycles. The molecular formula is C20H24F3N4O2-. The molecule has 1 fully saturated rings. The average molecular weight is 409 g/mol. The quantitative estimate of drug-likeness (QED) is 0.500. The third kappa shape index (κ3) is 6.42. The zero-order valence-corrected chi connectivity index (χ0v) is 15.9. The monoisotopic (exact) mass is 409 g/mol. The van der Waals surface area contributed by atoms with Crippen LogP contribution in [0.5, 0.6) is 5.75 Å². The fraction of sp³-hybridized carbons (Fsp3) is 0.450. The minimum absolute atomic E-state index is 0.0888. The molecule has 1 aromatic heterocycles. The molecule has 1 aliphatic carbocycles. The Morgan fingerprint density at radius 2 is 1.83 bits per heavy atom. The maximum absolute atomic E-state index is 12.6. The number of benzene rings is 1. The van der Waals surface area contributed by atoms with Crippen LogP contribution in [0.1, 0.15) is 37.7 Å². The van der Waals surface area contributed by atoms with Crippen LogP contribution < -0.4 is 20.9 Å². The molecule has 1 saturated carbocycles. The number of aromatic nitrogens is 1. The minimum Gasteiger partial charge on any atom is -0.761 e. The number of nitrogens with one attached hydrogen (secondary N) is 3. The van der Waals surface area contributed by atoms with Gasteiger partial charge in [0.05, 0.1) is 17.6 Å². The predicted molar refractivity (Wildman–Crippen MR) is 107 cm³/mol. The molecule has 6 nitrogen and oxygen atoms in total. The number of pyridine rings is 1. The molecule has 0 bridgehead atoms. The SMILES string of the molecule is [O-]Nc1cnc(NCc2ccccc2OC(F)(F)F)cc1NCC1CCCCC1. The summed E-state index contributed by atoms with van der Waals surface area (Å²) >= 11 is 0. The number of rotatable bonds is 8. The van der Waals surface area contributed by atoms with E-state index in [4.69, 9.17) is 0 Å². The minimum atomic E-state index is -4.76. The number of ether oxygens (including phenoxy) is 1. The molecule has 158 valence electrons. The van der Waals surface area contributed by atoms with Crippen LogP contribution in [0.3, 0.4) is 0 Å². The summed E-state index contributed by atoms with van der Waals surface area (Å²) < 4.78 is 41.7. The first-order valence-electron chi connectivity index (χ1n) is 9.64. The van der Waals surface area contributed by atoms with E-state index in [1.165, 1.54) is 50.4 Å². The van der Waals surface area contributed by atoms with E-state index in [1.54, 1.807) is 18.2 Å². The van der Waals surface area contributed by atoms with Gasteiger partial charge in [0, 0.05) is 24.7 Å². The van der Waals surface area contributed by atoms with E-state index >= 15 is 0 Å². The summed E-state index contributed by atoms with van der Waals surface area (Å²) in [6, 6.07) is 7.60. The van der Waals surface area contributed by atoms with Crippen molar-refractivity contribution in [2.24, 2.45) is 5.92 Å². The van der Waals surface area contributed by atoms with Crippen molar-refractivity contribution in [3.05, 3.63) is 47.3 Å². The van der Waals surface area contributed by atoms with E-state index < -0.39 is 6.36 Å². The molecule has 0 atom stereocenters. The summed E-state index contributed by atoms with van der Waals surface area (Å²) in [7, 11) is 0. The first-order chi connectivity index (χ1) is 13.9. The first-order valence-corrected chi connectivity index (χ1v) is 9.64. The number of nitrogens with zero attached hydrogens (tertiary/aromatic N) is 1. The summed E-state index contributed by atoms with van der Waals surface area (Å²) in [5.74, 6) is 0.747. The maximum Gasteiger partial charge on any atom is 0.573 e. The van der Waals surface area contributed by atoms with Gasteiger partial charge in [0.25, 0.3) is 0 Å². The maximum atomic E-state index is 12.6. The Balaban J connectivity index is 1.65. The Hall–Kier alpha value is -2.68. The molecule has 0 unspecified atom stereocenters. The molecule has 3 rings (SSSR count). The summed E-state index contributed by atoms with van der Waals surface area (Å²) in [6.07, 6.45) is 2.69. The number of alkyl halides is 3. The lowest BCUT2D eigenvalue weighted by Crippen LogP contribution is -2.19. The highest BCUT2D eigenvalue weighted by Gasteiger charge is 2.31. The molecule has 1 aromatic carbocycles. The lowest BCUT2D eigenvalue weighted by Gasteiger charge is -2.24. The molecule has 0 aliphatic heterocycles. The summed E-state index contributed by atoms with van der Waals surface area (Å²) in [5.41, 5.74) is 3.15. The van der Waals surface area contributed by atoms with Gasteiger partial charge in [-0.1, -0.05) is 37.5 Å². The highest BCUT2D eigenvalue weighted by molar-refractivity contribution is 5.71. The molecule has 0 radical (unpaired) electrons. The third-order valence-corrected chi connectivity index (χ3v) is 4.98. The van der Waals surface area contributed by atoms with Crippen molar-refractivity contribution in [1.82, 2.24) is 4.98 Å². The van der Waals surface area contributed by atoms with E-state index in [-0.39, 0.29) is 12.3 Å². The second kappa shape index (κ2) is 9.69. The van der Waals surface area contributed by atoms with Gasteiger partial charge >= 0.3 is 6.36 Å². The first kappa shape index (κ1) is 21.0. The van der Waals surface area contributed by atoms with Gasteiger partial charge in [-0.05, 0) is 24.8 Å². The second-order valence-electron chi connectivity index (χ2n) is 7.11. The standard InChI is InChI=1S/C20H24F3N4O2/c21-20(22,23)29-18-9-5-4-8-15(18)12-25-19-10-16(17(27-28)13-26-19)24-11-14-6-2-1-3-7-14/h4-5,8-10,13-14,27H,1-3,6-7,11-12H2,(H2,24,25,26)/q-1. The molecule has 3 N–H and O–H groups in total. The van der Waals surface area contributed by atoms with Crippen LogP contribution in [-0.4, -0.2) is 17.9 Å². The van der Waals surface area contributed by atoms with Crippen LogP contribution in [0.25, 0.3) is 0 Å². The van der Waals surface area contributed by atoms with Crippen LogP contribution in [0, 0.1) is 11.1 Å². The normalized spacial score (nSPS) is 15.0. The van der Waals surface area contributed by atoms with Gasteiger partial charge < -0.3 is 26.1 Å². The number of hydrogen-bond donors (Lipinski definition) is 3. The van der Waals surface area contributed by atoms with Crippen molar-refractivity contribution in [3.63, 3.8) is 0 Å². The third-order valence-electron chi connectivity index (χ3n) is 4.98. The highest BCUT2D eigenvalue weighted by atomic mass is 19.4. The van der Waals surface area contributed by atoms with Crippen molar-refractivity contribution >= 4 is 17.2 Å². The van der Waals surface area contributed by atoms with Crippen molar-refractivity contribution < 1.29 is 17.9 Å². The van der Waals surface area contributed by atoms with Gasteiger partial charge in [-0.25, -0.2) is 4.98 Å². The Morgan fingerprint density at radius 3 is 2.55 bits per heavy atom. The van der Waals surface area contributed by atoms with Crippen LogP contribution >= 0.6 is 0 Å². The second-order valence-corrected chi connectivity index (χ2v) is 7.11. The number of halogens is 3. The lowest BCUT2D eigenvalue weighted by molar-refractivity contribution is -0.274. The molecule has 1 heterocycles. The van der Waals surface area contributed by atoms with Crippen LogP contribution in [0.15, 0.2) is 36.5 Å². The summed E-state index contributed by atoms with van der Waals surface area (Å²) in [6.45, 7) is 0.853. The highest BCUT2D eigenvalue weighted by Crippen LogP contribution is 2.29. The van der Waals surface area contributed by atoms with Crippen molar-refractivity contribution in [2.45, 2.75) is 45.0 Å². The summed E-state index contributed by atoms with van der Waals surface area (Å²) in [5, 5.41) is 17.5. The zero-order chi connectivity index (χ0) is 20.7. The average Bonchev–Trinajstić information content (AvgIpc) is 2.71. The zero-order valence-electron chi connectivity index (χ0n) is 15.9.